The Morgan fingerprint density at radius 1 is 1.43 bits per heavy atom. The van der Waals surface area contributed by atoms with Gasteiger partial charge in [0.25, 0.3) is 11.5 Å². The number of thiophene rings is 1. The van der Waals surface area contributed by atoms with Crippen molar-refractivity contribution >= 4 is 27.5 Å². The molecule has 0 spiro atoms. The first kappa shape index (κ1) is 15.7. The van der Waals surface area contributed by atoms with Gasteiger partial charge in [0.2, 0.25) is 0 Å². The van der Waals surface area contributed by atoms with Gasteiger partial charge in [-0.15, -0.1) is 11.3 Å². The molecule has 0 aliphatic heterocycles. The number of fused-ring (bicyclic) bond motifs is 1. The minimum atomic E-state index is -0.0931. The Balaban J connectivity index is 2.47. The Hall–Kier alpha value is -1.69. The highest BCUT2D eigenvalue weighted by molar-refractivity contribution is 7.20. The fourth-order valence-corrected chi connectivity index (χ4v) is 3.42. The number of carbonyl (C=O) groups is 1. The zero-order valence-corrected chi connectivity index (χ0v) is 13.8. The van der Waals surface area contributed by atoms with Crippen molar-refractivity contribution in [3.63, 3.8) is 0 Å². The highest BCUT2D eigenvalue weighted by Gasteiger charge is 2.22. The van der Waals surface area contributed by atoms with E-state index in [1.807, 2.05) is 18.7 Å². The summed E-state index contributed by atoms with van der Waals surface area (Å²) < 4.78 is 1.45. The molecular formula is C15H21N3O2S. The molecule has 0 fully saturated rings. The topological polar surface area (TPSA) is 55.2 Å². The van der Waals surface area contributed by atoms with Crippen LogP contribution >= 0.6 is 11.3 Å². The number of amides is 1. The predicted molar refractivity (Wildman–Crippen MR) is 86.1 cm³/mol. The summed E-state index contributed by atoms with van der Waals surface area (Å²) in [7, 11) is 1.67. The number of aryl methyl sites for hydroxylation is 2. The molecule has 1 amide bonds. The van der Waals surface area contributed by atoms with E-state index in [-0.39, 0.29) is 11.5 Å². The number of hydrogen-bond donors (Lipinski definition) is 0. The standard InChI is InChI=1S/C15H21N3O2S/c1-5-7-8-18(6-2)15(20)12-10(3)11-13(21-12)16-9-17(4)14(11)19/h9H,5-8H2,1-4H3. The zero-order valence-electron chi connectivity index (χ0n) is 13.0. The lowest BCUT2D eigenvalue weighted by Crippen LogP contribution is -2.31. The van der Waals surface area contributed by atoms with Crippen LogP contribution < -0.4 is 5.56 Å². The molecule has 6 heteroatoms. The molecule has 0 radical (unpaired) electrons. The van der Waals surface area contributed by atoms with Gasteiger partial charge < -0.3 is 9.47 Å². The van der Waals surface area contributed by atoms with E-state index in [0.29, 0.717) is 21.6 Å². The van der Waals surface area contributed by atoms with Crippen molar-refractivity contribution < 1.29 is 4.79 Å². The van der Waals surface area contributed by atoms with E-state index in [1.54, 1.807) is 7.05 Å². The number of nitrogens with zero attached hydrogens (tertiary/aromatic N) is 3. The smallest absolute Gasteiger partial charge is 0.264 e. The van der Waals surface area contributed by atoms with Gasteiger partial charge in [-0.3, -0.25) is 9.59 Å². The first-order valence-corrected chi connectivity index (χ1v) is 8.06. The summed E-state index contributed by atoms with van der Waals surface area (Å²) in [6.45, 7) is 7.36. The van der Waals surface area contributed by atoms with Crippen LogP contribution in [-0.2, 0) is 7.05 Å². The second kappa shape index (κ2) is 6.39. The van der Waals surface area contributed by atoms with E-state index >= 15 is 0 Å². The molecule has 2 rings (SSSR count). The van der Waals surface area contributed by atoms with Crippen molar-refractivity contribution in [1.29, 1.82) is 0 Å². The van der Waals surface area contributed by atoms with Gasteiger partial charge in [-0.1, -0.05) is 13.3 Å². The normalized spacial score (nSPS) is 11.0. The van der Waals surface area contributed by atoms with Crippen LogP contribution in [0.15, 0.2) is 11.1 Å². The summed E-state index contributed by atoms with van der Waals surface area (Å²) in [5.74, 6) is 0.00787. The van der Waals surface area contributed by atoms with E-state index in [2.05, 4.69) is 11.9 Å². The summed E-state index contributed by atoms with van der Waals surface area (Å²) in [5.41, 5.74) is 0.660. The lowest BCUT2D eigenvalue weighted by atomic mass is 10.2. The van der Waals surface area contributed by atoms with Crippen LogP contribution in [0.2, 0.25) is 0 Å². The van der Waals surface area contributed by atoms with Crippen LogP contribution in [0.4, 0.5) is 0 Å². The molecule has 0 bridgehead atoms. The van der Waals surface area contributed by atoms with Crippen molar-refractivity contribution in [3.05, 3.63) is 27.1 Å². The molecule has 21 heavy (non-hydrogen) atoms. The van der Waals surface area contributed by atoms with Crippen LogP contribution in [0.5, 0.6) is 0 Å². The van der Waals surface area contributed by atoms with Gasteiger partial charge in [-0.25, -0.2) is 4.98 Å². The van der Waals surface area contributed by atoms with Crippen LogP contribution in [0.3, 0.4) is 0 Å². The lowest BCUT2D eigenvalue weighted by Gasteiger charge is -2.20. The minimum Gasteiger partial charge on any atom is -0.338 e. The molecule has 2 heterocycles. The average molecular weight is 307 g/mol. The van der Waals surface area contributed by atoms with Gasteiger partial charge in [-0.2, -0.15) is 0 Å². The molecule has 0 aliphatic rings. The molecule has 0 unspecified atom stereocenters. The second-order valence-corrected chi connectivity index (χ2v) is 6.13. The molecule has 0 saturated carbocycles. The Kier molecular flexibility index (Phi) is 4.77. The monoisotopic (exact) mass is 307 g/mol. The van der Waals surface area contributed by atoms with Crippen molar-refractivity contribution in [2.24, 2.45) is 7.05 Å². The number of hydrogen-bond acceptors (Lipinski definition) is 4. The van der Waals surface area contributed by atoms with Gasteiger partial charge in [0.05, 0.1) is 16.6 Å². The first-order valence-electron chi connectivity index (χ1n) is 7.25. The van der Waals surface area contributed by atoms with Crippen molar-refractivity contribution in [3.8, 4) is 0 Å². The summed E-state index contributed by atoms with van der Waals surface area (Å²) >= 11 is 1.32. The summed E-state index contributed by atoms with van der Waals surface area (Å²) in [6, 6.07) is 0. The molecule has 5 nitrogen and oxygen atoms in total. The Labute approximate surface area is 128 Å². The molecule has 114 valence electrons. The van der Waals surface area contributed by atoms with Crippen molar-refractivity contribution in [2.45, 2.75) is 33.6 Å². The third-order valence-corrected chi connectivity index (χ3v) is 4.84. The van der Waals surface area contributed by atoms with E-state index < -0.39 is 0 Å². The number of aromatic nitrogens is 2. The zero-order chi connectivity index (χ0) is 15.6. The SMILES string of the molecule is CCCCN(CC)C(=O)c1sc2ncn(C)c(=O)c2c1C. The van der Waals surface area contributed by atoms with Crippen LogP contribution in [0.1, 0.15) is 41.9 Å². The quantitative estimate of drug-likeness (QED) is 0.853. The van der Waals surface area contributed by atoms with Crippen molar-refractivity contribution in [2.75, 3.05) is 13.1 Å². The maximum Gasteiger partial charge on any atom is 0.264 e. The molecule has 0 atom stereocenters. The fourth-order valence-electron chi connectivity index (χ4n) is 2.31. The van der Waals surface area contributed by atoms with Crippen LogP contribution in [0.25, 0.3) is 10.2 Å². The molecule has 2 aromatic rings. The highest BCUT2D eigenvalue weighted by atomic mass is 32.1. The molecule has 0 saturated heterocycles. The maximum atomic E-state index is 12.7. The Morgan fingerprint density at radius 3 is 2.76 bits per heavy atom. The van der Waals surface area contributed by atoms with Gasteiger partial charge in [0.1, 0.15) is 4.83 Å². The number of carbonyl (C=O) groups excluding carboxylic acids is 1. The second-order valence-electron chi connectivity index (χ2n) is 5.14. The molecular weight excluding hydrogens is 286 g/mol. The van der Waals surface area contributed by atoms with Crippen molar-refractivity contribution in [1.82, 2.24) is 14.5 Å². The fraction of sp³-hybridized carbons (Fsp3) is 0.533. The number of rotatable bonds is 5. The van der Waals surface area contributed by atoms with Gasteiger partial charge >= 0.3 is 0 Å². The maximum absolute atomic E-state index is 12.7. The molecule has 0 N–H and O–H groups in total. The van der Waals surface area contributed by atoms with E-state index in [9.17, 15) is 9.59 Å². The van der Waals surface area contributed by atoms with Crippen LogP contribution in [-0.4, -0.2) is 33.4 Å². The third-order valence-electron chi connectivity index (χ3n) is 3.66. The van der Waals surface area contributed by atoms with Gasteiger partial charge in [0, 0.05) is 20.1 Å². The summed E-state index contributed by atoms with van der Waals surface area (Å²) in [4.78, 5) is 32.3. The first-order chi connectivity index (χ1) is 10.0. The number of unbranched alkanes of at least 4 members (excludes halogenated alkanes) is 1. The summed E-state index contributed by atoms with van der Waals surface area (Å²) in [6.07, 6.45) is 3.55. The molecule has 0 aromatic carbocycles. The molecule has 0 aliphatic carbocycles. The predicted octanol–water partition coefficient (Wildman–Crippen LogP) is 2.57. The van der Waals surface area contributed by atoms with E-state index in [0.717, 1.165) is 24.9 Å². The van der Waals surface area contributed by atoms with E-state index in [1.165, 1.54) is 22.2 Å². The summed E-state index contributed by atoms with van der Waals surface area (Å²) in [5, 5.41) is 0.569. The Bertz CT molecular complexity index is 718. The largest absolute Gasteiger partial charge is 0.338 e. The lowest BCUT2D eigenvalue weighted by molar-refractivity contribution is 0.0766. The third kappa shape index (κ3) is 2.85. The minimum absolute atomic E-state index is 0.00787. The van der Waals surface area contributed by atoms with E-state index in [4.69, 9.17) is 0 Å². The van der Waals surface area contributed by atoms with Crippen LogP contribution in [0, 0.1) is 6.92 Å². The Morgan fingerprint density at radius 2 is 2.14 bits per heavy atom. The highest BCUT2D eigenvalue weighted by Crippen LogP contribution is 2.27. The van der Waals surface area contributed by atoms with Gasteiger partial charge in [0.15, 0.2) is 0 Å². The molecule has 2 aromatic heterocycles. The average Bonchev–Trinajstić information content (AvgIpc) is 2.81. The van der Waals surface area contributed by atoms with Gasteiger partial charge in [-0.05, 0) is 25.8 Å².